The molecule has 0 unspecified atom stereocenters. The van der Waals surface area contributed by atoms with Gasteiger partial charge >= 0.3 is 0 Å². The lowest BCUT2D eigenvalue weighted by Crippen LogP contribution is -2.21. The number of aryl methyl sites for hydroxylation is 2. The van der Waals surface area contributed by atoms with Crippen LogP contribution in [0.15, 0.2) is 11.0 Å². The van der Waals surface area contributed by atoms with Crippen molar-refractivity contribution in [1.29, 1.82) is 0 Å². The minimum absolute atomic E-state index is 0.168. The second-order valence-corrected chi connectivity index (χ2v) is 6.72. The van der Waals surface area contributed by atoms with Crippen LogP contribution in [0.1, 0.15) is 22.3 Å². The average molecular weight is 285 g/mol. The van der Waals surface area contributed by atoms with E-state index >= 15 is 0 Å². The average Bonchev–Trinajstić information content (AvgIpc) is 2.25. The van der Waals surface area contributed by atoms with E-state index in [1.165, 1.54) is 0 Å². The van der Waals surface area contributed by atoms with E-state index in [1.807, 2.05) is 52.8 Å². The molecule has 0 atom stereocenters. The second kappa shape index (κ2) is 6.03. The predicted octanol–water partition coefficient (Wildman–Crippen LogP) is 2.19. The maximum Gasteiger partial charge on any atom is 0.297 e. The molecule has 0 aliphatic carbocycles. The third-order valence-corrected chi connectivity index (χ3v) is 4.91. The van der Waals surface area contributed by atoms with Crippen LogP contribution in [0.5, 0.6) is 0 Å². The summed E-state index contributed by atoms with van der Waals surface area (Å²) in [6.45, 7) is 8.22. The molecule has 1 aromatic carbocycles. The molecule has 5 heteroatoms. The van der Waals surface area contributed by atoms with Crippen molar-refractivity contribution >= 4 is 10.1 Å². The number of hydrogen-bond acceptors (Lipinski definition) is 4. The second-order valence-electron chi connectivity index (χ2n) is 5.17. The standard InChI is InChI=1S/C14H23NO3S/c1-10-9-11(2)13(4)14(12(10)3)19(16,17)18-8-7-15(5)6/h9H,7-8H2,1-6H3. The molecule has 0 N–H and O–H groups in total. The van der Waals surface area contributed by atoms with E-state index in [-0.39, 0.29) is 6.61 Å². The van der Waals surface area contributed by atoms with Crippen molar-refractivity contribution in [1.82, 2.24) is 4.90 Å². The Morgan fingerprint density at radius 3 is 1.95 bits per heavy atom. The van der Waals surface area contributed by atoms with Crippen LogP contribution in [0.2, 0.25) is 0 Å². The predicted molar refractivity (Wildman–Crippen MR) is 77.1 cm³/mol. The maximum atomic E-state index is 12.3. The van der Waals surface area contributed by atoms with Crippen LogP contribution in [0.3, 0.4) is 0 Å². The van der Waals surface area contributed by atoms with Gasteiger partial charge in [0.05, 0.1) is 6.61 Å². The third-order valence-electron chi connectivity index (χ3n) is 3.32. The first-order chi connectivity index (χ1) is 8.66. The molecule has 0 bridgehead atoms. The van der Waals surface area contributed by atoms with Gasteiger partial charge in [-0.25, -0.2) is 0 Å². The van der Waals surface area contributed by atoms with E-state index in [4.69, 9.17) is 4.18 Å². The van der Waals surface area contributed by atoms with Gasteiger partial charge in [0, 0.05) is 6.54 Å². The Bertz CT molecular complexity index is 536. The molecule has 0 amide bonds. The Hall–Kier alpha value is -0.910. The fourth-order valence-corrected chi connectivity index (χ4v) is 3.43. The fourth-order valence-electron chi connectivity index (χ4n) is 1.94. The van der Waals surface area contributed by atoms with Crippen LogP contribution >= 0.6 is 0 Å². The highest BCUT2D eigenvalue weighted by Gasteiger charge is 2.22. The van der Waals surface area contributed by atoms with E-state index in [2.05, 4.69) is 0 Å². The summed E-state index contributed by atoms with van der Waals surface area (Å²) in [5, 5.41) is 0. The summed E-state index contributed by atoms with van der Waals surface area (Å²) in [5.41, 5.74) is 3.48. The van der Waals surface area contributed by atoms with Gasteiger partial charge in [0.15, 0.2) is 0 Å². The van der Waals surface area contributed by atoms with Gasteiger partial charge in [0.25, 0.3) is 10.1 Å². The van der Waals surface area contributed by atoms with Crippen LogP contribution < -0.4 is 0 Å². The molecule has 0 fully saturated rings. The van der Waals surface area contributed by atoms with Crippen LogP contribution in [0.25, 0.3) is 0 Å². The van der Waals surface area contributed by atoms with Crippen LogP contribution in [0.4, 0.5) is 0 Å². The van der Waals surface area contributed by atoms with Crippen molar-refractivity contribution < 1.29 is 12.6 Å². The summed E-state index contributed by atoms with van der Waals surface area (Å²) in [5.74, 6) is 0. The highest BCUT2D eigenvalue weighted by atomic mass is 32.2. The molecule has 0 saturated heterocycles. The molecular weight excluding hydrogens is 262 g/mol. The van der Waals surface area contributed by atoms with Crippen molar-refractivity contribution in [3.05, 3.63) is 28.3 Å². The molecule has 0 aliphatic heterocycles. The van der Waals surface area contributed by atoms with Gasteiger partial charge in [0.1, 0.15) is 4.90 Å². The molecule has 1 aromatic rings. The Balaban J connectivity index is 3.15. The third kappa shape index (κ3) is 3.78. The summed E-state index contributed by atoms with van der Waals surface area (Å²) in [6, 6.07) is 2.00. The lowest BCUT2D eigenvalue weighted by atomic mass is 10.0. The number of likely N-dealkylation sites (N-methyl/N-ethyl adjacent to an activating group) is 1. The first kappa shape index (κ1) is 16.1. The minimum Gasteiger partial charge on any atom is -0.307 e. The zero-order valence-corrected chi connectivity index (χ0v) is 13.4. The lowest BCUT2D eigenvalue weighted by Gasteiger charge is -2.16. The normalized spacial score (nSPS) is 12.2. The topological polar surface area (TPSA) is 46.6 Å². The SMILES string of the molecule is Cc1cc(C)c(C)c(S(=O)(=O)OCCN(C)C)c1C. The van der Waals surface area contributed by atoms with Gasteiger partial charge in [-0.1, -0.05) is 6.07 Å². The van der Waals surface area contributed by atoms with E-state index in [0.717, 1.165) is 22.3 Å². The monoisotopic (exact) mass is 285 g/mol. The van der Waals surface area contributed by atoms with Crippen molar-refractivity contribution in [2.24, 2.45) is 0 Å². The fraction of sp³-hybridized carbons (Fsp3) is 0.571. The highest BCUT2D eigenvalue weighted by molar-refractivity contribution is 7.86. The number of rotatable bonds is 5. The van der Waals surface area contributed by atoms with Crippen molar-refractivity contribution in [2.45, 2.75) is 32.6 Å². The van der Waals surface area contributed by atoms with Gasteiger partial charge in [-0.15, -0.1) is 0 Å². The van der Waals surface area contributed by atoms with Crippen LogP contribution in [0, 0.1) is 27.7 Å². The molecule has 108 valence electrons. The maximum absolute atomic E-state index is 12.3. The summed E-state index contributed by atoms with van der Waals surface area (Å²) in [6.07, 6.45) is 0. The summed E-state index contributed by atoms with van der Waals surface area (Å²) < 4.78 is 29.8. The Morgan fingerprint density at radius 1 is 1.05 bits per heavy atom. The zero-order chi connectivity index (χ0) is 14.8. The first-order valence-electron chi connectivity index (χ1n) is 6.28. The highest BCUT2D eigenvalue weighted by Crippen LogP contribution is 2.27. The summed E-state index contributed by atoms with van der Waals surface area (Å²) in [4.78, 5) is 2.21. The van der Waals surface area contributed by atoms with Gasteiger partial charge in [-0.05, 0) is 64.0 Å². The molecule has 0 aromatic heterocycles. The largest absolute Gasteiger partial charge is 0.307 e. The van der Waals surface area contributed by atoms with Crippen molar-refractivity contribution in [2.75, 3.05) is 27.2 Å². The molecular formula is C14H23NO3S. The number of nitrogens with zero attached hydrogens (tertiary/aromatic N) is 1. The Labute approximate surface area is 116 Å². The van der Waals surface area contributed by atoms with Crippen LogP contribution in [-0.4, -0.2) is 40.6 Å². The molecule has 19 heavy (non-hydrogen) atoms. The van der Waals surface area contributed by atoms with Crippen molar-refractivity contribution in [3.63, 3.8) is 0 Å². The van der Waals surface area contributed by atoms with Gasteiger partial charge in [-0.3, -0.25) is 4.18 Å². The summed E-state index contributed by atoms with van der Waals surface area (Å²) >= 11 is 0. The van der Waals surface area contributed by atoms with E-state index in [9.17, 15) is 8.42 Å². The zero-order valence-electron chi connectivity index (χ0n) is 12.6. The van der Waals surface area contributed by atoms with Gasteiger partial charge in [-0.2, -0.15) is 8.42 Å². The quantitative estimate of drug-likeness (QED) is 0.778. The molecule has 4 nitrogen and oxygen atoms in total. The number of hydrogen-bond donors (Lipinski definition) is 0. The van der Waals surface area contributed by atoms with Crippen molar-refractivity contribution in [3.8, 4) is 0 Å². The summed E-state index contributed by atoms with van der Waals surface area (Å²) in [7, 11) is 0.0676. The molecule has 0 spiro atoms. The molecule has 0 aliphatic rings. The van der Waals surface area contributed by atoms with E-state index in [0.29, 0.717) is 11.4 Å². The first-order valence-corrected chi connectivity index (χ1v) is 7.69. The van der Waals surface area contributed by atoms with Crippen LogP contribution in [-0.2, 0) is 14.3 Å². The van der Waals surface area contributed by atoms with E-state index < -0.39 is 10.1 Å². The Morgan fingerprint density at radius 2 is 1.53 bits per heavy atom. The van der Waals surface area contributed by atoms with Gasteiger partial charge in [0.2, 0.25) is 0 Å². The molecule has 0 radical (unpaired) electrons. The molecule has 0 saturated carbocycles. The van der Waals surface area contributed by atoms with E-state index in [1.54, 1.807) is 0 Å². The molecule has 1 rings (SSSR count). The van der Waals surface area contributed by atoms with Gasteiger partial charge < -0.3 is 4.90 Å². The Kier molecular flexibility index (Phi) is 5.12. The lowest BCUT2D eigenvalue weighted by molar-refractivity contribution is 0.265. The smallest absolute Gasteiger partial charge is 0.297 e. The number of benzene rings is 1. The minimum atomic E-state index is -3.69. The molecule has 0 heterocycles.